The number of anilines is 2. The number of nitrogens with zero attached hydrogens (tertiary/aromatic N) is 3. The summed E-state index contributed by atoms with van der Waals surface area (Å²) in [6.45, 7) is -0.237. The summed E-state index contributed by atoms with van der Waals surface area (Å²) in [5.41, 5.74) is 1.26. The number of carbonyl (C=O) groups is 1. The summed E-state index contributed by atoms with van der Waals surface area (Å²) in [5.74, 6) is -1.21. The fourth-order valence-corrected chi connectivity index (χ4v) is 5.23. The molecule has 0 aromatic heterocycles. The van der Waals surface area contributed by atoms with Gasteiger partial charge < -0.3 is 4.90 Å². The van der Waals surface area contributed by atoms with Gasteiger partial charge in [-0.05, 0) is 48.4 Å². The average Bonchev–Trinajstić information content (AvgIpc) is 3.10. The first-order valence-electron chi connectivity index (χ1n) is 9.11. The Bertz CT molecular complexity index is 1250. The lowest BCUT2D eigenvalue weighted by Crippen LogP contribution is -2.42. The SMILES string of the molecule is CN(C)S(=O)(=O)c1ccc2c(c1)CCN2C(=O)CN(c1ccc(F)c(Cl)c1)S(C)(=O)=O. The predicted molar refractivity (Wildman–Crippen MR) is 117 cm³/mol. The molecule has 1 aliphatic rings. The van der Waals surface area contributed by atoms with Crippen molar-refractivity contribution in [2.45, 2.75) is 11.3 Å². The molecule has 2 aromatic carbocycles. The Kier molecular flexibility index (Phi) is 6.34. The van der Waals surface area contributed by atoms with Gasteiger partial charge in [0.25, 0.3) is 0 Å². The molecule has 0 radical (unpaired) electrons. The number of benzene rings is 2. The molecule has 0 unspecified atom stereocenters. The third-order valence-electron chi connectivity index (χ3n) is 4.90. The summed E-state index contributed by atoms with van der Waals surface area (Å²) in [6.07, 6.45) is 1.37. The summed E-state index contributed by atoms with van der Waals surface area (Å²) < 4.78 is 64.7. The van der Waals surface area contributed by atoms with E-state index in [1.807, 2.05) is 0 Å². The van der Waals surface area contributed by atoms with E-state index in [2.05, 4.69) is 0 Å². The first-order chi connectivity index (χ1) is 14.3. The third kappa shape index (κ3) is 4.69. The van der Waals surface area contributed by atoms with Crippen molar-refractivity contribution in [3.63, 3.8) is 0 Å². The minimum atomic E-state index is -3.87. The fourth-order valence-electron chi connectivity index (χ4n) is 3.26. The molecule has 2 aromatic rings. The highest BCUT2D eigenvalue weighted by atomic mass is 35.5. The largest absolute Gasteiger partial charge is 0.310 e. The molecule has 0 bridgehead atoms. The Balaban J connectivity index is 1.89. The molecule has 1 heterocycles. The lowest BCUT2D eigenvalue weighted by atomic mass is 10.2. The zero-order valence-electron chi connectivity index (χ0n) is 17.0. The molecular weight excluding hydrogens is 469 g/mol. The Morgan fingerprint density at radius 3 is 2.39 bits per heavy atom. The van der Waals surface area contributed by atoms with E-state index in [-0.39, 0.29) is 22.2 Å². The molecule has 0 aliphatic carbocycles. The van der Waals surface area contributed by atoms with Crippen LogP contribution in [0.2, 0.25) is 5.02 Å². The van der Waals surface area contributed by atoms with Crippen LogP contribution in [0.25, 0.3) is 0 Å². The highest BCUT2D eigenvalue weighted by Crippen LogP contribution is 2.32. The van der Waals surface area contributed by atoms with E-state index in [1.165, 1.54) is 43.3 Å². The van der Waals surface area contributed by atoms with Crippen LogP contribution in [-0.2, 0) is 31.3 Å². The highest BCUT2D eigenvalue weighted by molar-refractivity contribution is 7.92. The van der Waals surface area contributed by atoms with Gasteiger partial charge in [-0.25, -0.2) is 25.5 Å². The second-order valence-electron chi connectivity index (χ2n) is 7.24. The second-order valence-corrected chi connectivity index (χ2v) is 11.7. The van der Waals surface area contributed by atoms with E-state index in [4.69, 9.17) is 11.6 Å². The average molecular weight is 490 g/mol. The van der Waals surface area contributed by atoms with Gasteiger partial charge in [0.1, 0.15) is 12.4 Å². The minimum absolute atomic E-state index is 0.0640. The Labute approximate surface area is 185 Å². The zero-order chi connectivity index (χ0) is 23.1. The van der Waals surface area contributed by atoms with Crippen molar-refractivity contribution in [1.29, 1.82) is 0 Å². The molecule has 0 saturated heterocycles. The van der Waals surface area contributed by atoms with Gasteiger partial charge in [-0.2, -0.15) is 0 Å². The summed E-state index contributed by atoms with van der Waals surface area (Å²) in [4.78, 5) is 14.5. The number of rotatable bonds is 6. The minimum Gasteiger partial charge on any atom is -0.310 e. The maximum Gasteiger partial charge on any atom is 0.247 e. The molecule has 0 saturated carbocycles. The molecule has 12 heteroatoms. The maximum atomic E-state index is 13.5. The lowest BCUT2D eigenvalue weighted by molar-refractivity contribution is -0.117. The van der Waals surface area contributed by atoms with Crippen molar-refractivity contribution in [3.8, 4) is 0 Å². The second kappa shape index (κ2) is 8.38. The Morgan fingerprint density at radius 2 is 1.81 bits per heavy atom. The van der Waals surface area contributed by atoms with Gasteiger partial charge in [-0.3, -0.25) is 9.10 Å². The molecule has 1 aliphatic heterocycles. The number of amides is 1. The number of hydrogen-bond acceptors (Lipinski definition) is 5. The third-order valence-corrected chi connectivity index (χ3v) is 8.14. The number of halogens is 2. The molecular formula is C19H21ClFN3O5S2. The molecule has 3 rings (SSSR count). The van der Waals surface area contributed by atoms with Crippen molar-refractivity contribution >= 4 is 48.9 Å². The van der Waals surface area contributed by atoms with Gasteiger partial charge in [0.05, 0.1) is 21.9 Å². The van der Waals surface area contributed by atoms with E-state index in [0.29, 0.717) is 17.7 Å². The van der Waals surface area contributed by atoms with E-state index in [1.54, 1.807) is 0 Å². The number of carbonyl (C=O) groups excluding carboxylic acids is 1. The summed E-state index contributed by atoms with van der Waals surface area (Å²) in [6, 6.07) is 7.86. The maximum absolute atomic E-state index is 13.5. The molecule has 0 spiro atoms. The first kappa shape index (κ1) is 23.5. The summed E-state index contributed by atoms with van der Waals surface area (Å²) >= 11 is 5.77. The van der Waals surface area contributed by atoms with E-state index < -0.39 is 38.3 Å². The monoisotopic (exact) mass is 489 g/mol. The van der Waals surface area contributed by atoms with Crippen molar-refractivity contribution in [3.05, 3.63) is 52.8 Å². The van der Waals surface area contributed by atoms with Crippen LogP contribution >= 0.6 is 11.6 Å². The van der Waals surface area contributed by atoms with Crippen LogP contribution in [-0.4, -0.2) is 60.5 Å². The molecule has 0 N–H and O–H groups in total. The van der Waals surface area contributed by atoms with E-state index in [0.717, 1.165) is 27.0 Å². The van der Waals surface area contributed by atoms with Crippen molar-refractivity contribution in [2.24, 2.45) is 0 Å². The van der Waals surface area contributed by atoms with Gasteiger partial charge in [-0.15, -0.1) is 0 Å². The molecule has 168 valence electrons. The van der Waals surface area contributed by atoms with Gasteiger partial charge in [-0.1, -0.05) is 11.6 Å². The van der Waals surface area contributed by atoms with Gasteiger partial charge in [0, 0.05) is 26.3 Å². The van der Waals surface area contributed by atoms with Crippen molar-refractivity contribution < 1.29 is 26.0 Å². The Hall–Kier alpha value is -2.21. The first-order valence-corrected chi connectivity index (χ1v) is 12.8. The van der Waals surface area contributed by atoms with Crippen LogP contribution in [0, 0.1) is 5.82 Å². The zero-order valence-corrected chi connectivity index (χ0v) is 19.4. The standard InChI is InChI=1S/C19H21ClFN3O5S2/c1-22(2)31(28,29)15-5-7-18-13(10-15)8-9-23(18)19(25)12-24(30(3,26)27)14-4-6-17(21)16(20)11-14/h4-7,10-11H,8-9,12H2,1-3H3. The van der Waals surface area contributed by atoms with Crippen molar-refractivity contribution in [1.82, 2.24) is 4.31 Å². The highest BCUT2D eigenvalue weighted by Gasteiger charge is 2.30. The van der Waals surface area contributed by atoms with Crippen molar-refractivity contribution in [2.75, 3.05) is 42.6 Å². The van der Waals surface area contributed by atoms with Crippen LogP contribution in [0.15, 0.2) is 41.3 Å². The number of sulfonamides is 2. The topological polar surface area (TPSA) is 95.1 Å². The van der Waals surface area contributed by atoms with Gasteiger partial charge in [0.2, 0.25) is 26.0 Å². The normalized spacial score (nSPS) is 14.1. The van der Waals surface area contributed by atoms with Crippen LogP contribution < -0.4 is 9.21 Å². The Morgan fingerprint density at radius 1 is 1.13 bits per heavy atom. The number of hydrogen-bond donors (Lipinski definition) is 0. The molecule has 31 heavy (non-hydrogen) atoms. The van der Waals surface area contributed by atoms with Crippen LogP contribution in [0.3, 0.4) is 0 Å². The lowest BCUT2D eigenvalue weighted by Gasteiger charge is -2.25. The summed E-state index contributed by atoms with van der Waals surface area (Å²) in [7, 11) is -4.62. The molecule has 8 nitrogen and oxygen atoms in total. The van der Waals surface area contributed by atoms with Crippen LogP contribution in [0.4, 0.5) is 15.8 Å². The quantitative estimate of drug-likeness (QED) is 0.619. The fraction of sp³-hybridized carbons (Fsp3) is 0.316. The van der Waals surface area contributed by atoms with Crippen LogP contribution in [0.5, 0.6) is 0 Å². The smallest absolute Gasteiger partial charge is 0.247 e. The number of fused-ring (bicyclic) bond motifs is 1. The molecule has 0 fully saturated rings. The van der Waals surface area contributed by atoms with Gasteiger partial charge >= 0.3 is 0 Å². The van der Waals surface area contributed by atoms with E-state index >= 15 is 0 Å². The predicted octanol–water partition coefficient (Wildman–Crippen LogP) is 2.08. The van der Waals surface area contributed by atoms with Gasteiger partial charge in [0.15, 0.2) is 0 Å². The van der Waals surface area contributed by atoms with E-state index in [9.17, 15) is 26.0 Å². The van der Waals surface area contributed by atoms with Crippen LogP contribution in [0.1, 0.15) is 5.56 Å². The molecule has 0 atom stereocenters. The summed E-state index contributed by atoms with van der Waals surface area (Å²) in [5, 5.41) is -0.264. The molecule has 1 amide bonds.